The summed E-state index contributed by atoms with van der Waals surface area (Å²) in [6.07, 6.45) is 7.50. The first-order valence-corrected chi connectivity index (χ1v) is 9.69. The van der Waals surface area contributed by atoms with E-state index in [4.69, 9.17) is 27.7 Å². The number of aliphatic hydroxyl groups is 2. The topological polar surface area (TPSA) is 121 Å². The van der Waals surface area contributed by atoms with Crippen molar-refractivity contribution in [2.24, 2.45) is 0 Å². The fourth-order valence-corrected chi connectivity index (χ4v) is 2.24. The van der Waals surface area contributed by atoms with Crippen molar-refractivity contribution >= 4 is 10.4 Å². The van der Waals surface area contributed by atoms with Crippen molar-refractivity contribution in [2.75, 3.05) is 66.6 Å². The zero-order valence-corrected chi connectivity index (χ0v) is 17.4. The SMILES string of the molecule is C=CC[N+](C)(CC=C)CCO.C=CC[N+](C)(CC=C)CCO.O=S(=O)([O-])[O-]. The van der Waals surface area contributed by atoms with Crippen molar-refractivity contribution in [3.63, 3.8) is 0 Å². The number of likely N-dealkylation sites (N-methyl/N-ethyl adjacent to an activating group) is 2. The molecule has 0 fully saturated rings. The van der Waals surface area contributed by atoms with E-state index >= 15 is 0 Å². The van der Waals surface area contributed by atoms with Gasteiger partial charge < -0.3 is 28.3 Å². The molecule has 27 heavy (non-hydrogen) atoms. The van der Waals surface area contributed by atoms with Crippen LogP contribution in [0.2, 0.25) is 0 Å². The molecule has 0 aliphatic carbocycles. The standard InChI is InChI=1S/2C9H18NO.H2O4S/c2*1-4-6-10(3,7-5-2)8-9-11;1-5(2,3)4/h2*4-5,11H,1-2,6-9H2,3H3;(H2,1,2,3,4)/q2*+1;/p-2. The van der Waals surface area contributed by atoms with Crippen LogP contribution in [0.15, 0.2) is 50.6 Å². The Balaban J connectivity index is -0.000000344. The van der Waals surface area contributed by atoms with Crippen LogP contribution in [-0.4, -0.2) is 103 Å². The summed E-state index contributed by atoms with van der Waals surface area (Å²) in [6, 6.07) is 0. The van der Waals surface area contributed by atoms with E-state index in [0.717, 1.165) is 48.2 Å². The van der Waals surface area contributed by atoms with Crippen molar-refractivity contribution in [1.29, 1.82) is 0 Å². The van der Waals surface area contributed by atoms with E-state index in [1.807, 2.05) is 24.3 Å². The fraction of sp³-hybridized carbons (Fsp3) is 0.556. The Morgan fingerprint density at radius 2 is 0.926 bits per heavy atom. The van der Waals surface area contributed by atoms with Crippen LogP contribution < -0.4 is 0 Å². The molecule has 2 N–H and O–H groups in total. The lowest BCUT2D eigenvalue weighted by Crippen LogP contribution is -2.46. The van der Waals surface area contributed by atoms with Gasteiger partial charge in [0.25, 0.3) is 0 Å². The molecule has 0 heterocycles. The van der Waals surface area contributed by atoms with E-state index < -0.39 is 10.4 Å². The van der Waals surface area contributed by atoms with Crippen LogP contribution in [0.25, 0.3) is 0 Å². The molecule has 0 spiro atoms. The number of rotatable bonds is 12. The van der Waals surface area contributed by atoms with Gasteiger partial charge in [-0.05, 0) is 24.3 Å². The maximum absolute atomic E-state index is 8.77. The Hall–Kier alpha value is -1.33. The van der Waals surface area contributed by atoms with Crippen LogP contribution in [0.3, 0.4) is 0 Å². The Kier molecular flexibility index (Phi) is 18.9. The minimum absolute atomic E-state index is 0.220. The summed E-state index contributed by atoms with van der Waals surface area (Å²) < 4.78 is 35.7. The molecule has 0 bridgehead atoms. The lowest BCUT2D eigenvalue weighted by atomic mass is 10.3. The van der Waals surface area contributed by atoms with Gasteiger partial charge in [-0.1, -0.05) is 26.3 Å². The summed E-state index contributed by atoms with van der Waals surface area (Å²) in [5.41, 5.74) is 0. The second kappa shape index (κ2) is 16.8. The molecule has 0 aromatic rings. The second-order valence-electron chi connectivity index (χ2n) is 6.43. The number of hydrogen-bond donors (Lipinski definition) is 2. The largest absolute Gasteiger partial charge is 0.759 e. The quantitative estimate of drug-likeness (QED) is 0.207. The van der Waals surface area contributed by atoms with Crippen LogP contribution in [0.5, 0.6) is 0 Å². The van der Waals surface area contributed by atoms with E-state index in [1.54, 1.807) is 0 Å². The van der Waals surface area contributed by atoms with E-state index in [1.165, 1.54) is 0 Å². The van der Waals surface area contributed by atoms with Crippen LogP contribution >= 0.6 is 0 Å². The highest BCUT2D eigenvalue weighted by Gasteiger charge is 2.16. The average molecular weight is 409 g/mol. The van der Waals surface area contributed by atoms with E-state index in [9.17, 15) is 0 Å². The van der Waals surface area contributed by atoms with Gasteiger partial charge in [0.05, 0.1) is 53.5 Å². The monoisotopic (exact) mass is 408 g/mol. The van der Waals surface area contributed by atoms with Crippen LogP contribution in [0, 0.1) is 0 Å². The van der Waals surface area contributed by atoms with Crippen molar-refractivity contribution in [2.45, 2.75) is 0 Å². The van der Waals surface area contributed by atoms with Crippen molar-refractivity contribution in [3.05, 3.63) is 50.6 Å². The van der Waals surface area contributed by atoms with Gasteiger partial charge in [0.1, 0.15) is 13.1 Å². The Morgan fingerprint density at radius 3 is 1.04 bits per heavy atom. The fourth-order valence-electron chi connectivity index (χ4n) is 2.24. The van der Waals surface area contributed by atoms with E-state index in [2.05, 4.69) is 40.4 Å². The normalized spacial score (nSPS) is 11.2. The molecule has 0 aliphatic rings. The lowest BCUT2D eigenvalue weighted by Gasteiger charge is -2.31. The average Bonchev–Trinajstić information content (AvgIpc) is 2.47. The van der Waals surface area contributed by atoms with Crippen LogP contribution in [-0.2, 0) is 10.4 Å². The highest BCUT2D eigenvalue weighted by molar-refractivity contribution is 7.79. The Morgan fingerprint density at radius 1 is 0.741 bits per heavy atom. The molecule has 9 heteroatoms. The highest BCUT2D eigenvalue weighted by atomic mass is 32.3. The minimum Gasteiger partial charge on any atom is -0.759 e. The number of nitrogens with zero attached hydrogens (tertiary/aromatic N) is 2. The molecule has 0 radical (unpaired) electrons. The van der Waals surface area contributed by atoms with Crippen molar-refractivity contribution in [1.82, 2.24) is 0 Å². The number of hydrogen-bond acceptors (Lipinski definition) is 6. The highest BCUT2D eigenvalue weighted by Crippen LogP contribution is 2.01. The molecule has 160 valence electrons. The predicted molar refractivity (Wildman–Crippen MR) is 107 cm³/mol. The first-order valence-electron chi connectivity index (χ1n) is 8.36. The summed E-state index contributed by atoms with van der Waals surface area (Å²) in [7, 11) is -1.00. The summed E-state index contributed by atoms with van der Waals surface area (Å²) in [5.74, 6) is 0. The summed E-state index contributed by atoms with van der Waals surface area (Å²) in [4.78, 5) is 0. The van der Waals surface area contributed by atoms with Crippen LogP contribution in [0.4, 0.5) is 0 Å². The van der Waals surface area contributed by atoms with Gasteiger partial charge in [0.15, 0.2) is 0 Å². The van der Waals surface area contributed by atoms with Gasteiger partial charge >= 0.3 is 0 Å². The summed E-state index contributed by atoms with van der Waals surface area (Å²) in [5, 5.41) is 17.5. The third kappa shape index (κ3) is 24.7. The van der Waals surface area contributed by atoms with Gasteiger partial charge in [-0.3, -0.25) is 8.42 Å². The van der Waals surface area contributed by atoms with Crippen molar-refractivity contribution < 1.29 is 36.7 Å². The maximum atomic E-state index is 8.77. The zero-order chi connectivity index (χ0) is 22.0. The maximum Gasteiger partial charge on any atom is 0.102 e. The lowest BCUT2D eigenvalue weighted by molar-refractivity contribution is -0.898. The summed E-state index contributed by atoms with van der Waals surface area (Å²) in [6.45, 7) is 20.2. The van der Waals surface area contributed by atoms with Gasteiger partial charge in [-0.25, -0.2) is 0 Å². The molecule has 0 saturated carbocycles. The van der Waals surface area contributed by atoms with Crippen molar-refractivity contribution in [3.8, 4) is 0 Å². The molecule has 0 atom stereocenters. The zero-order valence-electron chi connectivity index (χ0n) is 16.6. The molecule has 0 saturated heterocycles. The third-order valence-electron chi connectivity index (χ3n) is 3.56. The summed E-state index contributed by atoms with van der Waals surface area (Å²) >= 11 is 0. The molecular weight excluding hydrogens is 372 g/mol. The van der Waals surface area contributed by atoms with Gasteiger partial charge in [0.2, 0.25) is 0 Å². The molecule has 0 aromatic carbocycles. The molecular formula is C18H36N2O6S. The van der Waals surface area contributed by atoms with Gasteiger partial charge in [0, 0.05) is 10.4 Å². The third-order valence-corrected chi connectivity index (χ3v) is 3.56. The van der Waals surface area contributed by atoms with Gasteiger partial charge in [-0.2, -0.15) is 0 Å². The van der Waals surface area contributed by atoms with E-state index in [-0.39, 0.29) is 13.2 Å². The molecule has 0 aliphatic heterocycles. The predicted octanol–water partition coefficient (Wildman–Crippen LogP) is 0.257. The first-order chi connectivity index (χ1) is 12.4. The van der Waals surface area contributed by atoms with Gasteiger partial charge in [-0.15, -0.1) is 0 Å². The van der Waals surface area contributed by atoms with Crippen LogP contribution in [0.1, 0.15) is 0 Å². The second-order valence-corrected chi connectivity index (χ2v) is 7.24. The Bertz CT molecular complexity index is 460. The number of aliphatic hydroxyl groups excluding tert-OH is 2. The smallest absolute Gasteiger partial charge is 0.102 e. The van der Waals surface area contributed by atoms with E-state index in [0.29, 0.717) is 0 Å². The Labute approximate surface area is 164 Å². The minimum atomic E-state index is -5.17. The molecule has 0 unspecified atom stereocenters. The first kappa shape index (κ1) is 30.4. The number of quaternary nitrogens is 2. The molecule has 0 amide bonds. The molecule has 0 aromatic heterocycles. The molecule has 0 rings (SSSR count). The molecule has 8 nitrogen and oxygen atoms in total.